The van der Waals surface area contributed by atoms with Gasteiger partial charge in [0.05, 0.1) is 23.9 Å². The van der Waals surface area contributed by atoms with Gasteiger partial charge in [-0.25, -0.2) is 4.79 Å². The molecule has 2 N–H and O–H groups in total. The van der Waals surface area contributed by atoms with Crippen LogP contribution in [-0.4, -0.2) is 53.8 Å². The van der Waals surface area contributed by atoms with Crippen molar-refractivity contribution in [1.82, 2.24) is 20.4 Å². The van der Waals surface area contributed by atoms with Crippen molar-refractivity contribution in [2.75, 3.05) is 20.1 Å². The molecule has 0 aromatic heterocycles. The Balaban J connectivity index is 1.97. The average molecular weight is 433 g/mol. The molecule has 30 heavy (non-hydrogen) atoms. The van der Waals surface area contributed by atoms with Gasteiger partial charge >= 0.3 is 6.03 Å². The maximum atomic E-state index is 13.5. The van der Waals surface area contributed by atoms with Crippen molar-refractivity contribution < 1.29 is 14.4 Å². The molecule has 4 amide bonds. The predicted octanol–water partition coefficient (Wildman–Crippen LogP) is 2.93. The first-order valence-corrected chi connectivity index (χ1v) is 10.6. The van der Waals surface area contributed by atoms with E-state index in [1.54, 1.807) is 30.1 Å². The lowest BCUT2D eigenvalue weighted by atomic mass is 9.95. The number of carbonyl (C=O) groups is 3. The van der Waals surface area contributed by atoms with Gasteiger partial charge in [0.15, 0.2) is 0 Å². The summed E-state index contributed by atoms with van der Waals surface area (Å²) < 4.78 is 0. The predicted molar refractivity (Wildman–Crippen MR) is 116 cm³/mol. The average Bonchev–Trinajstić information content (AvgIpc) is 3.01. The Kier molecular flexibility index (Phi) is 6.41. The van der Waals surface area contributed by atoms with Crippen molar-refractivity contribution in [1.29, 1.82) is 0 Å². The molecular formula is C22H29ClN4O3. The minimum absolute atomic E-state index is 0.0878. The molecule has 162 valence electrons. The third-order valence-electron chi connectivity index (χ3n) is 5.52. The van der Waals surface area contributed by atoms with E-state index in [1.165, 1.54) is 4.90 Å². The zero-order chi connectivity index (χ0) is 22.2. The van der Waals surface area contributed by atoms with E-state index in [-0.39, 0.29) is 30.3 Å². The van der Waals surface area contributed by atoms with Crippen molar-refractivity contribution in [3.8, 4) is 0 Å². The van der Waals surface area contributed by atoms with E-state index in [4.69, 9.17) is 11.6 Å². The first-order chi connectivity index (χ1) is 14.1. The highest BCUT2D eigenvalue weighted by atomic mass is 35.5. The molecule has 2 heterocycles. The van der Waals surface area contributed by atoms with Gasteiger partial charge in [0.2, 0.25) is 5.91 Å². The first kappa shape index (κ1) is 22.2. The molecule has 1 aromatic rings. The zero-order valence-electron chi connectivity index (χ0n) is 18.0. The molecule has 0 radical (unpaired) electrons. The van der Waals surface area contributed by atoms with Gasteiger partial charge in [-0.3, -0.25) is 14.5 Å². The van der Waals surface area contributed by atoms with Gasteiger partial charge in [-0.05, 0) is 23.5 Å². The monoisotopic (exact) mass is 432 g/mol. The molecule has 1 aromatic carbocycles. The summed E-state index contributed by atoms with van der Waals surface area (Å²) >= 11 is 6.37. The molecule has 3 rings (SSSR count). The van der Waals surface area contributed by atoms with Crippen LogP contribution in [0, 0.1) is 11.8 Å². The number of hydrogen-bond acceptors (Lipinski definition) is 3. The largest absolute Gasteiger partial charge is 0.354 e. The minimum atomic E-state index is -0.651. The number of halogens is 1. The van der Waals surface area contributed by atoms with Crippen LogP contribution >= 0.6 is 11.6 Å². The quantitative estimate of drug-likeness (QED) is 0.725. The van der Waals surface area contributed by atoms with Crippen molar-refractivity contribution in [3.05, 3.63) is 46.1 Å². The third kappa shape index (κ3) is 4.03. The highest BCUT2D eigenvalue weighted by molar-refractivity contribution is 6.31. The summed E-state index contributed by atoms with van der Waals surface area (Å²) in [7, 11) is 1.63. The summed E-state index contributed by atoms with van der Waals surface area (Å²) in [6.07, 6.45) is 0. The number of nitrogens with zero attached hydrogens (tertiary/aromatic N) is 2. The molecule has 0 fully saturated rings. The third-order valence-corrected chi connectivity index (χ3v) is 5.87. The maximum Gasteiger partial charge on any atom is 0.322 e. The van der Waals surface area contributed by atoms with Crippen LogP contribution in [0.2, 0.25) is 5.02 Å². The highest BCUT2D eigenvalue weighted by Gasteiger charge is 2.47. The van der Waals surface area contributed by atoms with Crippen LogP contribution in [0.25, 0.3) is 0 Å². The van der Waals surface area contributed by atoms with Crippen LogP contribution in [0.5, 0.6) is 0 Å². The Morgan fingerprint density at radius 2 is 1.90 bits per heavy atom. The Bertz CT molecular complexity index is 896. The zero-order valence-corrected chi connectivity index (χ0v) is 18.8. The summed E-state index contributed by atoms with van der Waals surface area (Å²) in [5.41, 5.74) is 1.73. The standard InChI is InChI=1S/C22H29ClN4O3/c1-12(2)10-24-20(28)19(13(3)4)27-11-16-17(21(27)29)18(25-22(30)26(16)5)14-8-6-7-9-15(14)23/h6-9,12-13,18-19H,10-11H2,1-5H3,(H,24,28)(H,25,30). The first-order valence-electron chi connectivity index (χ1n) is 10.2. The number of likely N-dealkylation sites (N-methyl/N-ethyl adjacent to an activating group) is 1. The minimum Gasteiger partial charge on any atom is -0.354 e. The molecule has 0 spiro atoms. The van der Waals surface area contributed by atoms with Gasteiger partial charge in [-0.1, -0.05) is 57.5 Å². The molecule has 8 heteroatoms. The van der Waals surface area contributed by atoms with E-state index >= 15 is 0 Å². The number of rotatable bonds is 6. The molecule has 0 saturated carbocycles. The van der Waals surface area contributed by atoms with E-state index in [2.05, 4.69) is 10.6 Å². The summed E-state index contributed by atoms with van der Waals surface area (Å²) in [6, 6.07) is 5.56. The van der Waals surface area contributed by atoms with Crippen LogP contribution in [0.3, 0.4) is 0 Å². The summed E-state index contributed by atoms with van der Waals surface area (Å²) in [5, 5.41) is 6.30. The van der Waals surface area contributed by atoms with E-state index < -0.39 is 12.1 Å². The normalized spacial score (nSPS) is 20.1. The topological polar surface area (TPSA) is 81.8 Å². The summed E-state index contributed by atoms with van der Waals surface area (Å²) in [4.78, 5) is 42.1. The fourth-order valence-corrected chi connectivity index (χ4v) is 4.21. The Labute approximate surface area is 182 Å². The highest BCUT2D eigenvalue weighted by Crippen LogP contribution is 2.39. The summed E-state index contributed by atoms with van der Waals surface area (Å²) in [6.45, 7) is 8.63. The van der Waals surface area contributed by atoms with Crippen LogP contribution in [-0.2, 0) is 9.59 Å². The van der Waals surface area contributed by atoms with Crippen molar-refractivity contribution in [2.45, 2.75) is 39.8 Å². The number of carbonyl (C=O) groups excluding carboxylic acids is 3. The molecule has 2 aliphatic rings. The van der Waals surface area contributed by atoms with E-state index in [0.717, 1.165) is 0 Å². The number of urea groups is 1. The fraction of sp³-hybridized carbons (Fsp3) is 0.500. The second kappa shape index (κ2) is 8.68. The molecule has 2 unspecified atom stereocenters. The maximum absolute atomic E-state index is 13.5. The molecule has 0 bridgehead atoms. The van der Waals surface area contributed by atoms with Crippen LogP contribution in [0.1, 0.15) is 39.3 Å². The Morgan fingerprint density at radius 1 is 1.23 bits per heavy atom. The number of hydrogen-bond donors (Lipinski definition) is 2. The van der Waals surface area contributed by atoms with E-state index in [0.29, 0.717) is 34.3 Å². The second-order valence-electron chi connectivity index (χ2n) is 8.58. The van der Waals surface area contributed by atoms with Gasteiger partial charge in [0.25, 0.3) is 5.91 Å². The molecule has 7 nitrogen and oxygen atoms in total. The smallest absolute Gasteiger partial charge is 0.322 e. The lowest BCUT2D eigenvalue weighted by molar-refractivity contribution is -0.138. The second-order valence-corrected chi connectivity index (χ2v) is 8.99. The van der Waals surface area contributed by atoms with Crippen molar-refractivity contribution in [2.24, 2.45) is 11.8 Å². The van der Waals surface area contributed by atoms with E-state index in [1.807, 2.05) is 33.8 Å². The number of amides is 4. The van der Waals surface area contributed by atoms with E-state index in [9.17, 15) is 14.4 Å². The Hall–Kier alpha value is -2.54. The van der Waals surface area contributed by atoms with Crippen molar-refractivity contribution in [3.63, 3.8) is 0 Å². The molecule has 2 atom stereocenters. The number of benzene rings is 1. The number of nitrogens with one attached hydrogen (secondary N) is 2. The molecule has 0 saturated heterocycles. The van der Waals surface area contributed by atoms with Gasteiger partial charge in [-0.15, -0.1) is 0 Å². The van der Waals surface area contributed by atoms with Gasteiger partial charge < -0.3 is 15.5 Å². The lowest BCUT2D eigenvalue weighted by Crippen LogP contribution is -2.52. The van der Waals surface area contributed by atoms with Gasteiger partial charge in [0, 0.05) is 18.6 Å². The lowest BCUT2D eigenvalue weighted by Gasteiger charge is -2.31. The molecular weight excluding hydrogens is 404 g/mol. The van der Waals surface area contributed by atoms with Crippen LogP contribution in [0.15, 0.2) is 35.5 Å². The van der Waals surface area contributed by atoms with Crippen LogP contribution < -0.4 is 10.6 Å². The molecule has 0 aliphatic carbocycles. The van der Waals surface area contributed by atoms with Gasteiger partial charge in [-0.2, -0.15) is 0 Å². The molecule has 2 aliphatic heterocycles. The SMILES string of the molecule is CC(C)CNC(=O)C(C(C)C)N1CC2=C(C1=O)C(c1ccccc1Cl)NC(=O)N2C. The Morgan fingerprint density at radius 3 is 2.50 bits per heavy atom. The summed E-state index contributed by atoms with van der Waals surface area (Å²) in [5.74, 6) is -0.210. The fourth-order valence-electron chi connectivity index (χ4n) is 3.97. The van der Waals surface area contributed by atoms with Crippen molar-refractivity contribution >= 4 is 29.4 Å². The van der Waals surface area contributed by atoms with Crippen LogP contribution in [0.4, 0.5) is 4.79 Å². The van der Waals surface area contributed by atoms with Gasteiger partial charge in [0.1, 0.15) is 6.04 Å².